The summed E-state index contributed by atoms with van der Waals surface area (Å²) < 4.78 is 42.6. The first kappa shape index (κ1) is 27.4. The number of halogens is 1. The molecule has 2 N–H and O–H groups in total. The molecule has 3 aromatic rings. The summed E-state index contributed by atoms with van der Waals surface area (Å²) in [6.07, 6.45) is 4.12. The lowest BCUT2D eigenvalue weighted by Gasteiger charge is -2.26. The summed E-state index contributed by atoms with van der Waals surface area (Å²) in [5.41, 5.74) is 5.84. The Balaban J connectivity index is 1.77. The Hall–Kier alpha value is -2.67. The second-order valence-corrected chi connectivity index (χ2v) is 12.3. The number of furan rings is 1. The lowest BCUT2D eigenvalue weighted by molar-refractivity contribution is 0.204. The van der Waals surface area contributed by atoms with E-state index < -0.39 is 15.6 Å². The van der Waals surface area contributed by atoms with Crippen LogP contribution in [0.25, 0.3) is 11.5 Å². The molecule has 0 aliphatic heterocycles. The summed E-state index contributed by atoms with van der Waals surface area (Å²) in [6, 6.07) is 5.33. The Kier molecular flexibility index (Phi) is 7.84. The smallest absolute Gasteiger partial charge is 0.249 e. The maximum Gasteiger partial charge on any atom is 0.249 e. The van der Waals surface area contributed by atoms with Gasteiger partial charge in [0, 0.05) is 33.7 Å². The van der Waals surface area contributed by atoms with Crippen LogP contribution in [0.2, 0.25) is 5.02 Å². The van der Waals surface area contributed by atoms with Gasteiger partial charge < -0.3 is 24.2 Å². The van der Waals surface area contributed by atoms with Crippen LogP contribution in [-0.2, 0) is 26.7 Å². The molecule has 3 atom stereocenters. The molecular formula is C24H33ClN6O5S. The van der Waals surface area contributed by atoms with Crippen LogP contribution in [0.15, 0.2) is 33.3 Å². The van der Waals surface area contributed by atoms with Crippen molar-refractivity contribution in [3.05, 3.63) is 41.1 Å². The molecule has 4 rings (SSSR count). The monoisotopic (exact) mass is 552 g/mol. The molecule has 3 aromatic heterocycles. The molecule has 0 bridgehead atoms. The third-order valence-corrected chi connectivity index (χ3v) is 8.15. The van der Waals surface area contributed by atoms with Gasteiger partial charge >= 0.3 is 0 Å². The van der Waals surface area contributed by atoms with Gasteiger partial charge in [-0.25, -0.2) is 13.4 Å². The Labute approximate surface area is 222 Å². The molecule has 13 heteroatoms. The fourth-order valence-electron chi connectivity index (χ4n) is 4.04. The van der Waals surface area contributed by atoms with E-state index in [1.54, 1.807) is 32.4 Å². The molecule has 0 saturated heterocycles. The number of aromatic nitrogens is 3. The van der Waals surface area contributed by atoms with Crippen molar-refractivity contribution in [2.45, 2.75) is 32.2 Å². The predicted molar refractivity (Wildman–Crippen MR) is 141 cm³/mol. The minimum atomic E-state index is -3.66. The lowest BCUT2D eigenvalue weighted by Crippen LogP contribution is -2.35. The van der Waals surface area contributed by atoms with Crippen LogP contribution in [-0.4, -0.2) is 63.7 Å². The molecule has 1 saturated carbocycles. The van der Waals surface area contributed by atoms with E-state index in [2.05, 4.69) is 27.0 Å². The average Bonchev–Trinajstić information content (AvgIpc) is 3.23. The molecule has 0 aromatic carbocycles. The van der Waals surface area contributed by atoms with Gasteiger partial charge in [-0.1, -0.05) is 18.5 Å². The van der Waals surface area contributed by atoms with Crippen LogP contribution in [0.5, 0.6) is 0 Å². The molecule has 0 spiro atoms. The van der Waals surface area contributed by atoms with Crippen molar-refractivity contribution in [1.82, 2.24) is 15.2 Å². The Morgan fingerprint density at radius 2 is 2.08 bits per heavy atom. The maximum absolute atomic E-state index is 12.4. The van der Waals surface area contributed by atoms with Gasteiger partial charge in [0.1, 0.15) is 11.6 Å². The van der Waals surface area contributed by atoms with Crippen LogP contribution < -0.4 is 14.9 Å². The fourth-order valence-corrected chi connectivity index (χ4v) is 4.84. The van der Waals surface area contributed by atoms with Crippen molar-refractivity contribution in [3.8, 4) is 11.5 Å². The van der Waals surface area contributed by atoms with Crippen molar-refractivity contribution in [2.24, 2.45) is 17.6 Å². The summed E-state index contributed by atoms with van der Waals surface area (Å²) in [6.45, 7) is 5.75. The molecule has 37 heavy (non-hydrogen) atoms. The zero-order valence-corrected chi connectivity index (χ0v) is 23.2. The van der Waals surface area contributed by atoms with E-state index in [1.807, 2.05) is 6.07 Å². The van der Waals surface area contributed by atoms with Crippen LogP contribution in [0, 0.1) is 11.8 Å². The first-order chi connectivity index (χ1) is 17.4. The summed E-state index contributed by atoms with van der Waals surface area (Å²) >= 11 is 6.72. The van der Waals surface area contributed by atoms with Crippen LogP contribution >= 0.6 is 11.6 Å². The SMILES string of the molecule is COCCN(CC1CC1C)c1cc(-c2nnc(C(C)(N)Cc3ccco3)o2)c(Cl)c(N(C)S(C)(=O)=O)n1. The number of methoxy groups -OCH3 is 1. The Bertz CT molecular complexity index is 1330. The second kappa shape index (κ2) is 10.6. The quantitative estimate of drug-likeness (QED) is 0.355. The number of anilines is 2. The molecular weight excluding hydrogens is 520 g/mol. The van der Waals surface area contributed by atoms with E-state index in [1.165, 1.54) is 7.05 Å². The number of nitrogens with two attached hydrogens (primary N) is 1. The van der Waals surface area contributed by atoms with Crippen LogP contribution in [0.3, 0.4) is 0 Å². The highest BCUT2D eigenvalue weighted by atomic mass is 35.5. The van der Waals surface area contributed by atoms with Gasteiger partial charge in [-0.2, -0.15) is 0 Å². The van der Waals surface area contributed by atoms with Crippen molar-refractivity contribution in [1.29, 1.82) is 0 Å². The first-order valence-corrected chi connectivity index (χ1v) is 14.2. The highest BCUT2D eigenvalue weighted by molar-refractivity contribution is 7.92. The first-order valence-electron chi connectivity index (χ1n) is 11.9. The minimum absolute atomic E-state index is 0.0637. The van der Waals surface area contributed by atoms with Crippen molar-refractivity contribution in [2.75, 3.05) is 49.3 Å². The van der Waals surface area contributed by atoms with Gasteiger partial charge in [0.15, 0.2) is 5.82 Å². The number of rotatable bonds is 12. The summed E-state index contributed by atoms with van der Waals surface area (Å²) in [5, 5.41) is 8.45. The maximum atomic E-state index is 12.4. The van der Waals surface area contributed by atoms with E-state index in [0.29, 0.717) is 48.5 Å². The van der Waals surface area contributed by atoms with E-state index >= 15 is 0 Å². The standard InChI is InChI=1S/C24H33ClN6O5S/c1-15-11-16(15)14-31(8-10-34-4)19-12-18(20(25)21(27-19)30(3)37(5,32)33)22-28-29-23(36-22)24(2,26)13-17-7-6-9-35-17/h6-7,9,12,15-16H,8,10-11,13-14,26H2,1-5H3. The van der Waals surface area contributed by atoms with Gasteiger partial charge in [0.25, 0.3) is 0 Å². The number of ether oxygens (including phenoxy) is 1. The molecule has 11 nitrogen and oxygen atoms in total. The molecule has 202 valence electrons. The molecule has 1 fully saturated rings. The van der Waals surface area contributed by atoms with E-state index in [-0.39, 0.29) is 22.6 Å². The second-order valence-electron chi connectivity index (χ2n) is 9.89. The Morgan fingerprint density at radius 3 is 2.68 bits per heavy atom. The summed E-state index contributed by atoms with van der Waals surface area (Å²) in [5.74, 6) is 2.70. The molecule has 3 unspecified atom stereocenters. The van der Waals surface area contributed by atoms with Crippen LogP contribution in [0.1, 0.15) is 31.9 Å². The lowest BCUT2D eigenvalue weighted by atomic mass is 9.98. The van der Waals surface area contributed by atoms with Crippen molar-refractivity contribution >= 4 is 33.3 Å². The number of hydrogen-bond donors (Lipinski definition) is 1. The molecule has 3 heterocycles. The number of nitrogens with zero attached hydrogens (tertiary/aromatic N) is 5. The highest BCUT2D eigenvalue weighted by Gasteiger charge is 2.35. The van der Waals surface area contributed by atoms with Gasteiger partial charge in [-0.05, 0) is 43.4 Å². The van der Waals surface area contributed by atoms with Crippen molar-refractivity contribution in [3.63, 3.8) is 0 Å². The van der Waals surface area contributed by atoms with Crippen molar-refractivity contribution < 1.29 is 22.0 Å². The molecule has 0 radical (unpaired) electrons. The average molecular weight is 553 g/mol. The Morgan fingerprint density at radius 1 is 1.35 bits per heavy atom. The third-order valence-electron chi connectivity index (χ3n) is 6.61. The number of sulfonamides is 1. The molecule has 1 aliphatic rings. The zero-order chi connectivity index (χ0) is 27.0. The van der Waals surface area contributed by atoms with Gasteiger partial charge in [0.05, 0.1) is 35.3 Å². The highest BCUT2D eigenvalue weighted by Crippen LogP contribution is 2.41. The number of hydrogen-bond acceptors (Lipinski definition) is 10. The van der Waals surface area contributed by atoms with Gasteiger partial charge in [-0.3, -0.25) is 4.31 Å². The van der Waals surface area contributed by atoms with E-state index in [4.69, 9.17) is 30.9 Å². The molecule has 1 aliphatic carbocycles. The largest absolute Gasteiger partial charge is 0.469 e. The topological polar surface area (TPSA) is 141 Å². The predicted octanol–water partition coefficient (Wildman–Crippen LogP) is 3.30. The van der Waals surface area contributed by atoms with Crippen LogP contribution in [0.4, 0.5) is 11.6 Å². The fraction of sp³-hybridized carbons (Fsp3) is 0.542. The number of pyridine rings is 1. The van der Waals surface area contributed by atoms with E-state index in [9.17, 15) is 8.42 Å². The summed E-state index contributed by atoms with van der Waals surface area (Å²) in [4.78, 5) is 6.72. The van der Waals surface area contributed by atoms with E-state index in [0.717, 1.165) is 23.5 Å². The zero-order valence-electron chi connectivity index (χ0n) is 21.6. The van der Waals surface area contributed by atoms with Gasteiger partial charge in [0.2, 0.25) is 21.8 Å². The summed E-state index contributed by atoms with van der Waals surface area (Å²) in [7, 11) is -0.622. The normalized spacial score (nSPS) is 19.0. The molecule has 0 amide bonds. The third kappa shape index (κ3) is 6.25. The van der Waals surface area contributed by atoms with Gasteiger partial charge in [-0.15, -0.1) is 10.2 Å². The minimum Gasteiger partial charge on any atom is -0.469 e.